The second kappa shape index (κ2) is 3.51. The number of carbonyl (C=O) groups excluding carboxylic acids is 1. The normalized spacial score (nSPS) is 35.0. The molecule has 1 heterocycles. The van der Waals surface area contributed by atoms with Crippen LogP contribution in [0.4, 0.5) is 0 Å². The zero-order chi connectivity index (χ0) is 11.1. The second-order valence-corrected chi connectivity index (χ2v) is 4.80. The third-order valence-electron chi connectivity index (χ3n) is 3.83. The van der Waals surface area contributed by atoms with E-state index >= 15 is 0 Å². The Hall–Kier alpha value is -1.06. The van der Waals surface area contributed by atoms with Gasteiger partial charge in [-0.05, 0) is 32.1 Å². The fourth-order valence-electron chi connectivity index (χ4n) is 3.04. The molecule has 84 valence electrons. The molecule has 1 spiro atoms. The van der Waals surface area contributed by atoms with E-state index in [1.807, 2.05) is 4.90 Å². The first kappa shape index (κ1) is 10.5. The summed E-state index contributed by atoms with van der Waals surface area (Å²) in [4.78, 5) is 24.1. The van der Waals surface area contributed by atoms with Crippen LogP contribution in [0, 0.1) is 5.92 Å². The van der Waals surface area contributed by atoms with Crippen LogP contribution in [0.5, 0.6) is 0 Å². The van der Waals surface area contributed by atoms with Gasteiger partial charge in [0, 0.05) is 19.0 Å². The first-order valence-electron chi connectivity index (χ1n) is 5.56. The Morgan fingerprint density at radius 2 is 2.00 bits per heavy atom. The van der Waals surface area contributed by atoms with Crippen LogP contribution in [0.2, 0.25) is 0 Å². The Morgan fingerprint density at radius 3 is 2.53 bits per heavy atom. The minimum atomic E-state index is -0.713. The summed E-state index contributed by atoms with van der Waals surface area (Å²) in [6, 6.07) is 0. The van der Waals surface area contributed by atoms with Crippen molar-refractivity contribution in [3.63, 3.8) is 0 Å². The molecule has 0 atom stereocenters. The summed E-state index contributed by atoms with van der Waals surface area (Å²) in [5.74, 6) is -0.849. The van der Waals surface area contributed by atoms with Gasteiger partial charge in [-0.2, -0.15) is 0 Å². The molecule has 1 aliphatic carbocycles. The van der Waals surface area contributed by atoms with Gasteiger partial charge in [0.15, 0.2) is 0 Å². The van der Waals surface area contributed by atoms with Gasteiger partial charge in [0.1, 0.15) is 0 Å². The Balaban J connectivity index is 2.07. The highest BCUT2D eigenvalue weighted by Crippen LogP contribution is 2.48. The number of nitrogens with zero attached hydrogens (tertiary/aromatic N) is 1. The molecule has 1 aliphatic heterocycles. The van der Waals surface area contributed by atoms with E-state index in [1.165, 1.54) is 0 Å². The molecule has 2 fully saturated rings. The molecule has 0 bridgehead atoms. The lowest BCUT2D eigenvalue weighted by molar-refractivity contribution is -0.161. The van der Waals surface area contributed by atoms with Crippen molar-refractivity contribution < 1.29 is 14.7 Å². The van der Waals surface area contributed by atoms with Crippen LogP contribution in [-0.2, 0) is 9.59 Å². The summed E-state index contributed by atoms with van der Waals surface area (Å²) in [7, 11) is 0. The Bertz CT molecular complexity index is 294. The molecule has 2 rings (SSSR count). The zero-order valence-corrected chi connectivity index (χ0v) is 9.03. The van der Waals surface area contributed by atoms with E-state index in [0.29, 0.717) is 12.8 Å². The van der Waals surface area contributed by atoms with E-state index in [4.69, 9.17) is 5.11 Å². The lowest BCUT2D eigenvalue weighted by atomic mass is 9.63. The van der Waals surface area contributed by atoms with Gasteiger partial charge in [-0.15, -0.1) is 0 Å². The zero-order valence-electron chi connectivity index (χ0n) is 9.03. The average Bonchev–Trinajstić information content (AvgIpc) is 2.13. The lowest BCUT2D eigenvalue weighted by Gasteiger charge is -2.55. The van der Waals surface area contributed by atoms with Crippen molar-refractivity contribution in [1.82, 2.24) is 4.90 Å². The van der Waals surface area contributed by atoms with Crippen LogP contribution in [0.1, 0.15) is 39.0 Å². The molecular formula is C11H17NO3. The molecule has 1 N–H and O–H groups in total. The summed E-state index contributed by atoms with van der Waals surface area (Å²) in [6.45, 7) is 2.39. The van der Waals surface area contributed by atoms with Gasteiger partial charge in [0.05, 0.1) is 5.92 Å². The highest BCUT2D eigenvalue weighted by molar-refractivity contribution is 5.76. The number of carbonyl (C=O) groups is 2. The van der Waals surface area contributed by atoms with Gasteiger partial charge >= 0.3 is 5.97 Å². The van der Waals surface area contributed by atoms with Crippen molar-refractivity contribution in [3.05, 3.63) is 0 Å². The molecule has 2 aliphatic rings. The van der Waals surface area contributed by atoms with E-state index in [-0.39, 0.29) is 17.4 Å². The first-order chi connectivity index (χ1) is 7.05. The molecule has 0 aromatic rings. The van der Waals surface area contributed by atoms with Gasteiger partial charge < -0.3 is 10.0 Å². The summed E-state index contributed by atoms with van der Waals surface area (Å²) in [6.07, 6.45) is 4.47. The van der Waals surface area contributed by atoms with Gasteiger partial charge in [-0.3, -0.25) is 9.59 Å². The first-order valence-corrected chi connectivity index (χ1v) is 5.56. The maximum Gasteiger partial charge on any atom is 0.306 e. The fraction of sp³-hybridized carbons (Fsp3) is 0.818. The van der Waals surface area contributed by atoms with Gasteiger partial charge in [0.25, 0.3) is 0 Å². The molecule has 0 unspecified atom stereocenters. The maximum atomic E-state index is 11.5. The van der Waals surface area contributed by atoms with Crippen LogP contribution < -0.4 is 0 Å². The van der Waals surface area contributed by atoms with Crippen molar-refractivity contribution in [3.8, 4) is 0 Å². The lowest BCUT2D eigenvalue weighted by Crippen LogP contribution is -2.62. The standard InChI is InChI=1S/C11H17NO3/c1-8(13)12-5-3-2-4-11(12)6-9(7-11)10(14)15/h9H,2-7H2,1H3,(H,14,15). The van der Waals surface area contributed by atoms with E-state index in [9.17, 15) is 9.59 Å². The van der Waals surface area contributed by atoms with E-state index < -0.39 is 5.97 Å². The van der Waals surface area contributed by atoms with Crippen LogP contribution >= 0.6 is 0 Å². The van der Waals surface area contributed by atoms with Gasteiger partial charge in [0.2, 0.25) is 5.91 Å². The number of amides is 1. The van der Waals surface area contributed by atoms with E-state index in [2.05, 4.69) is 0 Å². The van der Waals surface area contributed by atoms with E-state index in [1.54, 1.807) is 6.92 Å². The predicted molar refractivity (Wildman–Crippen MR) is 54.3 cm³/mol. The number of carboxylic acids is 1. The summed E-state index contributed by atoms with van der Waals surface area (Å²) < 4.78 is 0. The van der Waals surface area contributed by atoms with Crippen molar-refractivity contribution in [2.75, 3.05) is 6.54 Å². The molecule has 0 radical (unpaired) electrons. The minimum absolute atomic E-state index is 0.0959. The number of piperidine rings is 1. The number of carboxylic acid groups (broad SMARTS) is 1. The number of hydrogen-bond donors (Lipinski definition) is 1. The molecule has 4 heteroatoms. The molecule has 15 heavy (non-hydrogen) atoms. The van der Waals surface area contributed by atoms with Gasteiger partial charge in [-0.1, -0.05) is 0 Å². The van der Waals surface area contributed by atoms with Crippen molar-refractivity contribution in [2.45, 2.75) is 44.6 Å². The SMILES string of the molecule is CC(=O)N1CCCCC12CC(C(=O)O)C2. The summed E-state index contributed by atoms with van der Waals surface area (Å²) >= 11 is 0. The summed E-state index contributed by atoms with van der Waals surface area (Å²) in [5, 5.41) is 8.87. The third kappa shape index (κ3) is 1.62. The minimum Gasteiger partial charge on any atom is -0.481 e. The molecular weight excluding hydrogens is 194 g/mol. The number of hydrogen-bond acceptors (Lipinski definition) is 2. The molecule has 0 aromatic heterocycles. The topological polar surface area (TPSA) is 57.6 Å². The number of likely N-dealkylation sites (tertiary alicyclic amines) is 1. The Labute approximate surface area is 89.3 Å². The highest BCUT2D eigenvalue weighted by atomic mass is 16.4. The summed E-state index contributed by atoms with van der Waals surface area (Å²) in [5.41, 5.74) is -0.104. The largest absolute Gasteiger partial charge is 0.481 e. The molecule has 1 saturated carbocycles. The Kier molecular flexibility index (Phi) is 2.44. The van der Waals surface area contributed by atoms with Crippen molar-refractivity contribution >= 4 is 11.9 Å². The number of aliphatic carboxylic acids is 1. The third-order valence-corrected chi connectivity index (χ3v) is 3.83. The van der Waals surface area contributed by atoms with Crippen LogP contribution in [0.3, 0.4) is 0 Å². The maximum absolute atomic E-state index is 11.5. The van der Waals surface area contributed by atoms with Crippen molar-refractivity contribution in [1.29, 1.82) is 0 Å². The molecule has 4 nitrogen and oxygen atoms in total. The average molecular weight is 211 g/mol. The van der Waals surface area contributed by atoms with Gasteiger partial charge in [-0.25, -0.2) is 0 Å². The van der Waals surface area contributed by atoms with Crippen LogP contribution in [0.25, 0.3) is 0 Å². The smallest absolute Gasteiger partial charge is 0.306 e. The van der Waals surface area contributed by atoms with Crippen molar-refractivity contribution in [2.24, 2.45) is 5.92 Å². The van der Waals surface area contributed by atoms with Crippen LogP contribution in [-0.4, -0.2) is 34.0 Å². The molecule has 1 saturated heterocycles. The number of rotatable bonds is 1. The predicted octanol–water partition coefficient (Wildman–Crippen LogP) is 1.25. The second-order valence-electron chi connectivity index (χ2n) is 4.80. The molecule has 0 aromatic carbocycles. The van der Waals surface area contributed by atoms with E-state index in [0.717, 1.165) is 25.8 Å². The molecule has 1 amide bonds. The Morgan fingerprint density at radius 1 is 1.33 bits per heavy atom. The monoisotopic (exact) mass is 211 g/mol. The highest BCUT2D eigenvalue weighted by Gasteiger charge is 2.52. The fourth-order valence-corrected chi connectivity index (χ4v) is 3.04. The quantitative estimate of drug-likeness (QED) is 0.710. The van der Waals surface area contributed by atoms with Crippen LogP contribution in [0.15, 0.2) is 0 Å².